The van der Waals surface area contributed by atoms with Crippen molar-refractivity contribution in [3.8, 4) is 0 Å². The fourth-order valence-corrected chi connectivity index (χ4v) is 0. The van der Waals surface area contributed by atoms with Crippen LogP contribution in [0.4, 0.5) is 0 Å². The van der Waals surface area contributed by atoms with E-state index in [1.54, 1.807) is 0 Å². The van der Waals surface area contributed by atoms with Gasteiger partial charge in [0.1, 0.15) is 0 Å². The number of hydrogen-bond donors (Lipinski definition) is 0. The third-order valence-electron chi connectivity index (χ3n) is 0. The first-order valence-electron chi connectivity index (χ1n) is 3.22. The fraction of sp³-hybridized carbons (Fsp3) is 0.667. The third kappa shape index (κ3) is 1140. The Kier molecular flexibility index (Phi) is 107. The standard InChI is InChI=1S/2C4H9.CN.Cu.2Li/c2*1-4(2)3;1-2;;;/h2*1-3H3;;;;/q3*-1;3*+1. The summed E-state index contributed by atoms with van der Waals surface area (Å²) in [5.74, 6) is 2.83. The van der Waals surface area contributed by atoms with Crippen molar-refractivity contribution >= 4 is 0 Å². The molecule has 0 unspecified atom stereocenters. The van der Waals surface area contributed by atoms with Crippen LogP contribution in [0.15, 0.2) is 0 Å². The van der Waals surface area contributed by atoms with Gasteiger partial charge in [0.2, 0.25) is 0 Å². The molecule has 0 radical (unpaired) electrons. The van der Waals surface area contributed by atoms with Crippen LogP contribution in [0.1, 0.15) is 41.5 Å². The van der Waals surface area contributed by atoms with Gasteiger partial charge >= 0.3 is 54.8 Å². The van der Waals surface area contributed by atoms with Crippen molar-refractivity contribution in [3.05, 3.63) is 18.4 Å². The second-order valence-electron chi connectivity index (χ2n) is 3.00. The van der Waals surface area contributed by atoms with Crippen molar-refractivity contribution in [1.82, 2.24) is 0 Å². The van der Waals surface area contributed by atoms with E-state index in [1.807, 2.05) is 0 Å². The van der Waals surface area contributed by atoms with Crippen molar-refractivity contribution in [3.63, 3.8) is 0 Å². The predicted molar refractivity (Wildman–Crippen MR) is 45.5 cm³/mol. The van der Waals surface area contributed by atoms with E-state index in [4.69, 9.17) is 11.8 Å². The van der Waals surface area contributed by atoms with Crippen LogP contribution in [-0.2, 0) is 17.1 Å². The molecule has 0 atom stereocenters. The van der Waals surface area contributed by atoms with Crippen LogP contribution in [0, 0.1) is 23.7 Å². The van der Waals surface area contributed by atoms with E-state index in [1.165, 1.54) is 11.8 Å². The van der Waals surface area contributed by atoms with E-state index >= 15 is 0 Å². The Labute approximate surface area is 119 Å². The van der Waals surface area contributed by atoms with Gasteiger partial charge < -0.3 is 23.7 Å². The SMILES string of the molecule is C[C-](C)C.C[C-](C)C.[C-]#N.[Cu+].[Li+].[Li+]. The van der Waals surface area contributed by atoms with Crippen LogP contribution in [-0.4, -0.2) is 0 Å². The van der Waals surface area contributed by atoms with Gasteiger partial charge in [-0.15, -0.1) is 0 Å². The smallest absolute Gasteiger partial charge is 0.512 e. The molecule has 13 heavy (non-hydrogen) atoms. The summed E-state index contributed by atoms with van der Waals surface area (Å²) in [7, 11) is 0. The van der Waals surface area contributed by atoms with Crippen LogP contribution in [0.5, 0.6) is 0 Å². The summed E-state index contributed by atoms with van der Waals surface area (Å²) in [6.07, 6.45) is 0. The molecule has 0 N–H and O–H groups in total. The van der Waals surface area contributed by atoms with Gasteiger partial charge in [-0.1, -0.05) is 0 Å². The number of nitrogens with zero attached hydrogens (tertiary/aromatic N) is 1. The summed E-state index contributed by atoms with van der Waals surface area (Å²) in [4.78, 5) is 0. The first-order valence-corrected chi connectivity index (χ1v) is 3.22. The second-order valence-corrected chi connectivity index (χ2v) is 3.00. The van der Waals surface area contributed by atoms with Crippen molar-refractivity contribution < 1.29 is 54.8 Å². The fourth-order valence-electron chi connectivity index (χ4n) is 0. The summed E-state index contributed by atoms with van der Waals surface area (Å²) in [6, 6.07) is 0. The molecule has 72 valence electrons. The molecule has 0 aromatic rings. The van der Waals surface area contributed by atoms with Crippen LogP contribution in [0.3, 0.4) is 0 Å². The molecule has 4 heteroatoms. The summed E-state index contributed by atoms with van der Waals surface area (Å²) >= 11 is 0. The first-order chi connectivity index (χ1) is 4.46. The number of rotatable bonds is 0. The van der Waals surface area contributed by atoms with E-state index in [0.717, 1.165) is 0 Å². The van der Waals surface area contributed by atoms with E-state index in [-0.39, 0.29) is 54.8 Å². The Balaban J connectivity index is -0.0000000133. The molecule has 0 fully saturated rings. The Morgan fingerprint density at radius 1 is 0.692 bits per heavy atom. The van der Waals surface area contributed by atoms with Gasteiger partial charge in [-0.3, -0.25) is 0 Å². The van der Waals surface area contributed by atoms with E-state index in [9.17, 15) is 0 Å². The molecule has 0 aliphatic carbocycles. The first kappa shape index (κ1) is 36.8. The molecule has 0 aromatic carbocycles. The maximum Gasteiger partial charge on any atom is 1.00 e. The van der Waals surface area contributed by atoms with E-state index in [0.29, 0.717) is 0 Å². The van der Waals surface area contributed by atoms with E-state index in [2.05, 4.69) is 41.5 Å². The van der Waals surface area contributed by atoms with Gasteiger partial charge in [-0.25, -0.2) is 0 Å². The van der Waals surface area contributed by atoms with Crippen molar-refractivity contribution in [2.45, 2.75) is 41.5 Å². The van der Waals surface area contributed by atoms with E-state index < -0.39 is 0 Å². The molecule has 0 rings (SSSR count). The van der Waals surface area contributed by atoms with Gasteiger partial charge in [0.15, 0.2) is 0 Å². The maximum atomic E-state index is 6.25. The Hall–Kier alpha value is 1.20. The summed E-state index contributed by atoms with van der Waals surface area (Å²) in [5, 5.41) is 6.25. The van der Waals surface area contributed by atoms with Crippen molar-refractivity contribution in [2.75, 3.05) is 0 Å². The van der Waals surface area contributed by atoms with Gasteiger partial charge in [0, 0.05) is 0 Å². The average Bonchev–Trinajstić information content (AvgIpc) is 1.66. The quantitative estimate of drug-likeness (QED) is 0.321. The molecule has 0 aliphatic heterocycles. The van der Waals surface area contributed by atoms with Crippen LogP contribution < -0.4 is 37.7 Å². The normalized spacial score (nSPS) is 5.69. The second kappa shape index (κ2) is 37.9. The largest absolute Gasteiger partial charge is 1.00 e. The van der Waals surface area contributed by atoms with Gasteiger partial charge in [-0.05, 0) is 0 Å². The molecular formula is C9H18CuLi2N. The topological polar surface area (TPSA) is 23.8 Å². The molecule has 0 aromatic heterocycles. The van der Waals surface area contributed by atoms with Crippen LogP contribution >= 0.6 is 0 Å². The minimum absolute atomic E-state index is 0. The minimum Gasteiger partial charge on any atom is -0.512 e. The van der Waals surface area contributed by atoms with Crippen molar-refractivity contribution in [2.24, 2.45) is 0 Å². The monoisotopic (exact) mass is 217 g/mol. The Morgan fingerprint density at radius 3 is 0.692 bits per heavy atom. The molecule has 0 saturated carbocycles. The van der Waals surface area contributed by atoms with Gasteiger partial charge in [0.05, 0.1) is 0 Å². The zero-order chi connectivity index (χ0) is 9.15. The predicted octanol–water partition coefficient (Wildman–Crippen LogP) is -2.66. The number of hydrogen-bond acceptors (Lipinski definition) is 1. The summed E-state index contributed by atoms with van der Waals surface area (Å²) < 4.78 is 0. The van der Waals surface area contributed by atoms with Crippen LogP contribution in [0.2, 0.25) is 0 Å². The maximum absolute atomic E-state index is 6.25. The molecule has 0 spiro atoms. The summed E-state index contributed by atoms with van der Waals surface area (Å²) in [6.45, 7) is 17.2. The Morgan fingerprint density at radius 2 is 0.692 bits per heavy atom. The summed E-state index contributed by atoms with van der Waals surface area (Å²) in [5.41, 5.74) is 0. The minimum atomic E-state index is 0. The zero-order valence-electron chi connectivity index (χ0n) is 10.2. The van der Waals surface area contributed by atoms with Gasteiger partial charge in [-0.2, -0.15) is 41.5 Å². The van der Waals surface area contributed by atoms with Crippen LogP contribution in [0.25, 0.3) is 0 Å². The molecule has 0 bridgehead atoms. The van der Waals surface area contributed by atoms with Crippen molar-refractivity contribution in [1.29, 1.82) is 5.26 Å². The molecule has 0 amide bonds. The third-order valence-corrected chi connectivity index (χ3v) is 0. The molecule has 0 aliphatic rings. The molecule has 0 saturated heterocycles. The Bertz CT molecular complexity index is 54.4. The van der Waals surface area contributed by atoms with Gasteiger partial charge in [0.25, 0.3) is 0 Å². The average molecular weight is 218 g/mol. The molecular weight excluding hydrogens is 200 g/mol. The zero-order valence-corrected chi connectivity index (χ0v) is 11.2. The molecule has 1 nitrogen and oxygen atoms in total. The molecule has 0 heterocycles.